The molecule has 0 aliphatic carbocycles. The summed E-state index contributed by atoms with van der Waals surface area (Å²) < 4.78 is 6.65. The third kappa shape index (κ3) is 3.35. The summed E-state index contributed by atoms with van der Waals surface area (Å²) in [6.07, 6.45) is 0. The minimum absolute atomic E-state index is 0.240. The highest BCUT2D eigenvalue weighted by Crippen LogP contribution is 2.22. The molecule has 3 nitrogen and oxygen atoms in total. The number of aryl methyl sites for hydroxylation is 1. The minimum Gasteiger partial charge on any atom is -0.489 e. The van der Waals surface area contributed by atoms with Crippen LogP contribution in [0.3, 0.4) is 0 Å². The zero-order valence-corrected chi connectivity index (χ0v) is 12.0. The summed E-state index contributed by atoms with van der Waals surface area (Å²) in [5, 5.41) is 9.08. The van der Waals surface area contributed by atoms with Crippen LogP contribution in [-0.4, -0.2) is 11.1 Å². The molecule has 0 aromatic heterocycles. The Kier molecular flexibility index (Phi) is 4.22. The third-order valence-corrected chi connectivity index (χ3v) is 3.66. The minimum atomic E-state index is -0.939. The highest BCUT2D eigenvalue weighted by atomic mass is 79.9. The van der Waals surface area contributed by atoms with Gasteiger partial charge in [0, 0.05) is 10.0 Å². The molecule has 1 N–H and O–H groups in total. The zero-order chi connectivity index (χ0) is 13.8. The second-order valence-corrected chi connectivity index (χ2v) is 5.02. The molecule has 0 heterocycles. The summed E-state index contributed by atoms with van der Waals surface area (Å²) in [5.74, 6) is -0.216. The molecule has 0 aliphatic rings. The summed E-state index contributed by atoms with van der Waals surface area (Å²) >= 11 is 3.42. The Balaban J connectivity index is 2.14. The fourth-order valence-electron chi connectivity index (χ4n) is 1.72. The lowest BCUT2D eigenvalue weighted by molar-refractivity contribution is 0.0694. The molecule has 0 saturated heterocycles. The standard InChI is InChI=1S/C15H13BrO3/c1-10-8-12(6-7-14(10)16)19-9-11-4-2-3-5-13(11)15(17)18/h2-8H,9H2,1H3,(H,17,18). The molecule has 0 bridgehead atoms. The Hall–Kier alpha value is -1.81. The molecule has 0 spiro atoms. The number of ether oxygens (including phenoxy) is 1. The van der Waals surface area contributed by atoms with E-state index in [0.717, 1.165) is 15.8 Å². The van der Waals surface area contributed by atoms with Crippen molar-refractivity contribution in [3.05, 3.63) is 63.6 Å². The number of halogens is 1. The first-order valence-corrected chi connectivity index (χ1v) is 6.57. The molecular weight excluding hydrogens is 308 g/mol. The topological polar surface area (TPSA) is 46.5 Å². The summed E-state index contributed by atoms with van der Waals surface area (Å²) in [6.45, 7) is 2.21. The van der Waals surface area contributed by atoms with E-state index in [1.54, 1.807) is 24.3 Å². The van der Waals surface area contributed by atoms with Crippen LogP contribution in [0, 0.1) is 6.92 Å². The maximum Gasteiger partial charge on any atom is 0.336 e. The molecule has 0 saturated carbocycles. The average molecular weight is 321 g/mol. The maximum absolute atomic E-state index is 11.1. The second-order valence-electron chi connectivity index (χ2n) is 4.16. The van der Waals surface area contributed by atoms with Gasteiger partial charge in [0.25, 0.3) is 0 Å². The van der Waals surface area contributed by atoms with Crippen LogP contribution in [0.25, 0.3) is 0 Å². The molecule has 2 aromatic carbocycles. The van der Waals surface area contributed by atoms with E-state index in [1.807, 2.05) is 25.1 Å². The van der Waals surface area contributed by atoms with E-state index in [4.69, 9.17) is 9.84 Å². The third-order valence-electron chi connectivity index (χ3n) is 2.77. The fraction of sp³-hybridized carbons (Fsp3) is 0.133. The average Bonchev–Trinajstić information content (AvgIpc) is 2.40. The van der Waals surface area contributed by atoms with Crippen molar-refractivity contribution < 1.29 is 14.6 Å². The summed E-state index contributed by atoms with van der Waals surface area (Å²) in [5.41, 5.74) is 2.01. The molecule has 0 atom stereocenters. The maximum atomic E-state index is 11.1. The first-order valence-electron chi connectivity index (χ1n) is 5.78. The van der Waals surface area contributed by atoms with Crippen molar-refractivity contribution in [2.45, 2.75) is 13.5 Å². The lowest BCUT2D eigenvalue weighted by Gasteiger charge is -2.09. The predicted molar refractivity (Wildman–Crippen MR) is 76.6 cm³/mol. The highest BCUT2D eigenvalue weighted by molar-refractivity contribution is 9.10. The van der Waals surface area contributed by atoms with E-state index in [-0.39, 0.29) is 12.2 Å². The van der Waals surface area contributed by atoms with Gasteiger partial charge in [0.15, 0.2) is 0 Å². The number of carboxylic acid groups (broad SMARTS) is 1. The largest absolute Gasteiger partial charge is 0.489 e. The van der Waals surface area contributed by atoms with E-state index >= 15 is 0 Å². The second kappa shape index (κ2) is 5.89. The monoisotopic (exact) mass is 320 g/mol. The fourth-order valence-corrected chi connectivity index (χ4v) is 1.97. The SMILES string of the molecule is Cc1cc(OCc2ccccc2C(=O)O)ccc1Br. The molecule has 2 aromatic rings. The first-order chi connectivity index (χ1) is 9.08. The highest BCUT2D eigenvalue weighted by Gasteiger charge is 2.09. The normalized spacial score (nSPS) is 10.2. The van der Waals surface area contributed by atoms with Gasteiger partial charge in [0.1, 0.15) is 12.4 Å². The van der Waals surface area contributed by atoms with Crippen LogP contribution in [0.5, 0.6) is 5.75 Å². The molecule has 0 radical (unpaired) electrons. The van der Waals surface area contributed by atoms with E-state index in [1.165, 1.54) is 0 Å². The van der Waals surface area contributed by atoms with Gasteiger partial charge in [-0.2, -0.15) is 0 Å². The Bertz CT molecular complexity index is 608. The van der Waals surface area contributed by atoms with Crippen LogP contribution in [0.1, 0.15) is 21.5 Å². The van der Waals surface area contributed by atoms with Gasteiger partial charge in [-0.25, -0.2) is 4.79 Å². The van der Waals surface area contributed by atoms with Crippen LogP contribution in [0.15, 0.2) is 46.9 Å². The molecule has 98 valence electrons. The molecule has 4 heteroatoms. The van der Waals surface area contributed by atoms with E-state index < -0.39 is 5.97 Å². The molecule has 2 rings (SSSR count). The quantitative estimate of drug-likeness (QED) is 0.924. The number of hydrogen-bond donors (Lipinski definition) is 1. The lowest BCUT2D eigenvalue weighted by Crippen LogP contribution is -2.05. The number of benzene rings is 2. The van der Waals surface area contributed by atoms with Gasteiger partial charge < -0.3 is 9.84 Å². The van der Waals surface area contributed by atoms with Crippen molar-refractivity contribution in [2.75, 3.05) is 0 Å². The number of aromatic carboxylic acids is 1. The number of rotatable bonds is 4. The number of hydrogen-bond acceptors (Lipinski definition) is 2. The van der Waals surface area contributed by atoms with Crippen molar-refractivity contribution in [1.29, 1.82) is 0 Å². The number of carbonyl (C=O) groups is 1. The van der Waals surface area contributed by atoms with Gasteiger partial charge in [-0.3, -0.25) is 0 Å². The van der Waals surface area contributed by atoms with Crippen LogP contribution >= 0.6 is 15.9 Å². The van der Waals surface area contributed by atoms with Gasteiger partial charge >= 0.3 is 5.97 Å². The molecule has 0 unspecified atom stereocenters. The van der Waals surface area contributed by atoms with Crippen LogP contribution in [0.4, 0.5) is 0 Å². The van der Waals surface area contributed by atoms with Gasteiger partial charge in [0.05, 0.1) is 5.56 Å². The predicted octanol–water partition coefficient (Wildman–Crippen LogP) is 4.03. The molecule has 0 fully saturated rings. The van der Waals surface area contributed by atoms with Crippen LogP contribution in [0.2, 0.25) is 0 Å². The Labute approximate surface area is 120 Å². The smallest absolute Gasteiger partial charge is 0.336 e. The molecule has 19 heavy (non-hydrogen) atoms. The van der Waals surface area contributed by atoms with Crippen molar-refractivity contribution in [2.24, 2.45) is 0 Å². The van der Waals surface area contributed by atoms with Gasteiger partial charge in [-0.1, -0.05) is 34.1 Å². The van der Waals surface area contributed by atoms with E-state index in [2.05, 4.69) is 15.9 Å². The van der Waals surface area contributed by atoms with E-state index in [0.29, 0.717) is 5.56 Å². The Morgan fingerprint density at radius 3 is 2.68 bits per heavy atom. The van der Waals surface area contributed by atoms with Gasteiger partial charge in [0.2, 0.25) is 0 Å². The number of carboxylic acids is 1. The lowest BCUT2D eigenvalue weighted by atomic mass is 10.1. The first kappa shape index (κ1) is 13.6. The van der Waals surface area contributed by atoms with Crippen molar-refractivity contribution in [1.82, 2.24) is 0 Å². The van der Waals surface area contributed by atoms with Crippen molar-refractivity contribution in [3.8, 4) is 5.75 Å². The van der Waals surface area contributed by atoms with Crippen LogP contribution < -0.4 is 4.74 Å². The van der Waals surface area contributed by atoms with Crippen molar-refractivity contribution in [3.63, 3.8) is 0 Å². The van der Waals surface area contributed by atoms with Crippen molar-refractivity contribution >= 4 is 21.9 Å². The summed E-state index contributed by atoms with van der Waals surface area (Å²) in [7, 11) is 0. The Morgan fingerprint density at radius 2 is 2.00 bits per heavy atom. The van der Waals surface area contributed by atoms with Gasteiger partial charge in [-0.15, -0.1) is 0 Å². The zero-order valence-electron chi connectivity index (χ0n) is 10.4. The molecule has 0 aliphatic heterocycles. The summed E-state index contributed by atoms with van der Waals surface area (Å²) in [4.78, 5) is 11.1. The Morgan fingerprint density at radius 1 is 1.26 bits per heavy atom. The molecule has 0 amide bonds. The van der Waals surface area contributed by atoms with Crippen LogP contribution in [-0.2, 0) is 6.61 Å². The molecular formula is C15H13BrO3. The van der Waals surface area contributed by atoms with Gasteiger partial charge in [-0.05, 0) is 36.8 Å². The summed E-state index contributed by atoms with van der Waals surface area (Å²) in [6, 6.07) is 12.5. The van der Waals surface area contributed by atoms with E-state index in [9.17, 15) is 4.79 Å².